The van der Waals surface area contributed by atoms with E-state index in [1.807, 2.05) is 24.3 Å². The molecular weight excluding hydrogens is 330 g/mol. The first-order valence-corrected chi connectivity index (χ1v) is 6.82. The number of phenols is 1. The fraction of sp³-hybridized carbons (Fsp3) is 0.143. The van der Waals surface area contributed by atoms with E-state index in [4.69, 9.17) is 16.3 Å². The van der Waals surface area contributed by atoms with E-state index in [1.165, 1.54) is 7.11 Å². The minimum absolute atomic E-state index is 0.139. The number of methoxy groups -OCH3 is 1. The van der Waals surface area contributed by atoms with E-state index in [1.54, 1.807) is 12.1 Å². The predicted octanol–water partition coefficient (Wildman–Crippen LogP) is 4.43. The molecular formula is C14H13BrClNO2. The second-order valence-electron chi connectivity index (χ2n) is 3.99. The molecule has 0 amide bonds. The number of hydrogen-bond acceptors (Lipinski definition) is 3. The zero-order valence-corrected chi connectivity index (χ0v) is 12.6. The Hall–Kier alpha value is -1.39. The van der Waals surface area contributed by atoms with Crippen molar-refractivity contribution in [3.05, 3.63) is 51.5 Å². The molecule has 2 N–H and O–H groups in total. The summed E-state index contributed by atoms with van der Waals surface area (Å²) in [5, 5.41) is 13.5. The predicted molar refractivity (Wildman–Crippen MR) is 81.1 cm³/mol. The first-order valence-electron chi connectivity index (χ1n) is 5.65. The van der Waals surface area contributed by atoms with Crippen molar-refractivity contribution in [2.24, 2.45) is 0 Å². The van der Waals surface area contributed by atoms with Gasteiger partial charge in [0.2, 0.25) is 0 Å². The van der Waals surface area contributed by atoms with Crippen LogP contribution in [0.15, 0.2) is 40.9 Å². The zero-order chi connectivity index (χ0) is 13.8. The molecule has 0 heterocycles. The molecule has 0 aromatic heterocycles. The minimum Gasteiger partial charge on any atom is -0.504 e. The van der Waals surface area contributed by atoms with Crippen molar-refractivity contribution >= 4 is 33.2 Å². The summed E-state index contributed by atoms with van der Waals surface area (Å²) in [6, 6.07) is 10.9. The van der Waals surface area contributed by atoms with Gasteiger partial charge in [-0.05, 0) is 51.8 Å². The molecule has 0 aliphatic heterocycles. The number of halogens is 2. The number of ether oxygens (including phenoxy) is 1. The third-order valence-corrected chi connectivity index (χ3v) is 3.87. The molecule has 0 atom stereocenters. The van der Waals surface area contributed by atoms with Crippen LogP contribution < -0.4 is 10.1 Å². The topological polar surface area (TPSA) is 41.5 Å². The van der Waals surface area contributed by atoms with Crippen LogP contribution in [0.2, 0.25) is 5.02 Å². The van der Waals surface area contributed by atoms with E-state index in [-0.39, 0.29) is 5.75 Å². The number of hydrogen-bond donors (Lipinski definition) is 2. The van der Waals surface area contributed by atoms with Gasteiger partial charge in [0.05, 0.1) is 12.1 Å². The van der Waals surface area contributed by atoms with E-state index < -0.39 is 0 Å². The molecule has 0 radical (unpaired) electrons. The summed E-state index contributed by atoms with van der Waals surface area (Å²) < 4.78 is 5.92. The molecule has 5 heteroatoms. The lowest BCUT2D eigenvalue weighted by molar-refractivity contribution is 0.373. The van der Waals surface area contributed by atoms with Crippen molar-refractivity contribution in [3.8, 4) is 11.5 Å². The molecule has 0 aliphatic rings. The number of aromatic hydroxyl groups is 1. The molecule has 2 rings (SSSR count). The van der Waals surface area contributed by atoms with Crippen LogP contribution in [0.3, 0.4) is 0 Å². The van der Waals surface area contributed by atoms with Crippen LogP contribution in [0.1, 0.15) is 5.56 Å². The molecule has 2 aromatic carbocycles. The summed E-state index contributed by atoms with van der Waals surface area (Å²) in [6.45, 7) is 0.630. The second-order valence-corrected chi connectivity index (χ2v) is 5.25. The Morgan fingerprint density at radius 1 is 1.26 bits per heavy atom. The van der Waals surface area contributed by atoms with E-state index in [2.05, 4.69) is 21.2 Å². The van der Waals surface area contributed by atoms with Gasteiger partial charge in [-0.3, -0.25) is 0 Å². The molecule has 0 spiro atoms. The first-order chi connectivity index (χ1) is 9.10. The molecule has 19 heavy (non-hydrogen) atoms. The second kappa shape index (κ2) is 6.17. The highest BCUT2D eigenvalue weighted by molar-refractivity contribution is 9.10. The highest BCUT2D eigenvalue weighted by atomic mass is 79.9. The van der Waals surface area contributed by atoms with Gasteiger partial charge in [-0.1, -0.05) is 17.7 Å². The fourth-order valence-electron chi connectivity index (χ4n) is 1.64. The van der Waals surface area contributed by atoms with Gasteiger partial charge < -0.3 is 15.2 Å². The lowest BCUT2D eigenvalue weighted by Gasteiger charge is -2.09. The number of rotatable bonds is 4. The molecule has 2 aromatic rings. The fourth-order valence-corrected chi connectivity index (χ4v) is 2.14. The Kier molecular flexibility index (Phi) is 4.56. The highest BCUT2D eigenvalue weighted by Gasteiger charge is 2.03. The molecule has 3 nitrogen and oxygen atoms in total. The molecule has 0 fully saturated rings. The third kappa shape index (κ3) is 3.55. The normalized spacial score (nSPS) is 10.3. The minimum atomic E-state index is 0.139. The van der Waals surface area contributed by atoms with E-state index in [9.17, 15) is 5.11 Å². The van der Waals surface area contributed by atoms with Crippen molar-refractivity contribution in [1.82, 2.24) is 0 Å². The lowest BCUT2D eigenvalue weighted by Crippen LogP contribution is -1.99. The maximum Gasteiger partial charge on any atom is 0.160 e. The van der Waals surface area contributed by atoms with Crippen LogP contribution in [0.5, 0.6) is 11.5 Å². The Balaban J connectivity index is 2.07. The first kappa shape index (κ1) is 14.0. The zero-order valence-electron chi connectivity index (χ0n) is 10.3. The average Bonchev–Trinajstić information content (AvgIpc) is 2.41. The van der Waals surface area contributed by atoms with Gasteiger partial charge in [0.1, 0.15) is 0 Å². The maximum atomic E-state index is 9.52. The van der Waals surface area contributed by atoms with Crippen LogP contribution in [0, 0.1) is 0 Å². The molecule has 100 valence electrons. The van der Waals surface area contributed by atoms with Crippen LogP contribution in [0.25, 0.3) is 0 Å². The Morgan fingerprint density at radius 2 is 2.05 bits per heavy atom. The molecule has 0 unspecified atom stereocenters. The van der Waals surface area contributed by atoms with Crippen molar-refractivity contribution < 1.29 is 9.84 Å². The summed E-state index contributed by atoms with van der Waals surface area (Å²) in [5.41, 5.74) is 1.98. The maximum absolute atomic E-state index is 9.52. The van der Waals surface area contributed by atoms with Gasteiger partial charge in [-0.25, -0.2) is 0 Å². The van der Waals surface area contributed by atoms with Crippen molar-refractivity contribution in [2.45, 2.75) is 6.54 Å². The summed E-state index contributed by atoms with van der Waals surface area (Å²) >= 11 is 9.32. The van der Waals surface area contributed by atoms with E-state index in [0.29, 0.717) is 17.3 Å². The van der Waals surface area contributed by atoms with Gasteiger partial charge in [0.25, 0.3) is 0 Å². The molecule has 0 saturated heterocycles. The summed E-state index contributed by atoms with van der Waals surface area (Å²) in [7, 11) is 1.53. The number of benzene rings is 2. The smallest absolute Gasteiger partial charge is 0.160 e. The quantitative estimate of drug-likeness (QED) is 0.863. The summed E-state index contributed by atoms with van der Waals surface area (Å²) in [4.78, 5) is 0. The van der Waals surface area contributed by atoms with Crippen molar-refractivity contribution in [3.63, 3.8) is 0 Å². The highest BCUT2D eigenvalue weighted by Crippen LogP contribution is 2.28. The monoisotopic (exact) mass is 341 g/mol. The molecule has 0 saturated carbocycles. The standard InChI is InChI=1S/C14H13BrClNO2/c1-19-14-6-9(2-5-13(14)18)8-17-10-3-4-12(16)11(15)7-10/h2-7,17-18H,8H2,1H3. The number of phenolic OH excluding ortho intramolecular Hbond substituents is 1. The summed E-state index contributed by atoms with van der Waals surface area (Å²) in [6.07, 6.45) is 0. The van der Waals surface area contributed by atoms with Crippen LogP contribution in [-0.2, 0) is 6.54 Å². The third-order valence-electron chi connectivity index (χ3n) is 2.66. The van der Waals surface area contributed by atoms with Crippen LogP contribution >= 0.6 is 27.5 Å². The largest absolute Gasteiger partial charge is 0.504 e. The van der Waals surface area contributed by atoms with Crippen molar-refractivity contribution in [2.75, 3.05) is 12.4 Å². The van der Waals surface area contributed by atoms with Gasteiger partial charge in [0.15, 0.2) is 11.5 Å². The van der Waals surface area contributed by atoms with E-state index >= 15 is 0 Å². The van der Waals surface area contributed by atoms with Crippen molar-refractivity contribution in [1.29, 1.82) is 0 Å². The van der Waals surface area contributed by atoms with Gasteiger partial charge in [0, 0.05) is 16.7 Å². The number of nitrogens with one attached hydrogen (secondary N) is 1. The molecule has 0 bridgehead atoms. The molecule has 0 aliphatic carbocycles. The Morgan fingerprint density at radius 3 is 2.74 bits per heavy atom. The van der Waals surface area contributed by atoms with E-state index in [0.717, 1.165) is 15.7 Å². The Labute approximate surface area is 125 Å². The lowest BCUT2D eigenvalue weighted by atomic mass is 10.2. The van der Waals surface area contributed by atoms with Gasteiger partial charge >= 0.3 is 0 Å². The van der Waals surface area contributed by atoms with Gasteiger partial charge in [-0.15, -0.1) is 0 Å². The Bertz CT molecular complexity index is 590. The SMILES string of the molecule is COc1cc(CNc2ccc(Cl)c(Br)c2)ccc1O. The van der Waals surface area contributed by atoms with Gasteiger partial charge in [-0.2, -0.15) is 0 Å². The van der Waals surface area contributed by atoms with Crippen LogP contribution in [0.4, 0.5) is 5.69 Å². The summed E-state index contributed by atoms with van der Waals surface area (Å²) in [5.74, 6) is 0.608. The average molecular weight is 343 g/mol. The number of anilines is 1. The van der Waals surface area contributed by atoms with Crippen LogP contribution in [-0.4, -0.2) is 12.2 Å².